The Kier molecular flexibility index (Phi) is 3.57. The van der Waals surface area contributed by atoms with Gasteiger partial charge in [0.2, 0.25) is 0 Å². The maximum atomic E-state index is 11.4. The number of rotatable bonds is 3. The van der Waals surface area contributed by atoms with Crippen LogP contribution in [0.25, 0.3) is 0 Å². The van der Waals surface area contributed by atoms with Gasteiger partial charge >= 0.3 is 5.69 Å². The minimum atomic E-state index is -0.443. The first-order valence-corrected chi connectivity index (χ1v) is 5.45. The third-order valence-corrected chi connectivity index (χ3v) is 3.25. The van der Waals surface area contributed by atoms with Crippen molar-refractivity contribution in [2.45, 2.75) is 25.7 Å². The van der Waals surface area contributed by atoms with E-state index in [1.165, 1.54) is 11.8 Å². The molecule has 5 heteroatoms. The summed E-state index contributed by atoms with van der Waals surface area (Å²) in [5.41, 5.74) is -0.0947. The number of thioether (sulfide) groups is 1. The molecular weight excluding hydrogens is 200 g/mol. The number of aromatic amines is 2. The van der Waals surface area contributed by atoms with E-state index in [1.807, 2.05) is 0 Å². The van der Waals surface area contributed by atoms with E-state index < -0.39 is 5.69 Å². The highest BCUT2D eigenvalue weighted by molar-refractivity contribution is 7.99. The van der Waals surface area contributed by atoms with Gasteiger partial charge in [0.1, 0.15) is 0 Å². The molecule has 0 atom stereocenters. The lowest BCUT2D eigenvalue weighted by molar-refractivity contribution is 0.749. The van der Waals surface area contributed by atoms with Crippen LogP contribution in [0.2, 0.25) is 0 Å². The van der Waals surface area contributed by atoms with Gasteiger partial charge in [0.05, 0.1) is 4.90 Å². The van der Waals surface area contributed by atoms with E-state index in [1.54, 1.807) is 6.92 Å². The van der Waals surface area contributed by atoms with Crippen molar-refractivity contribution in [2.75, 3.05) is 5.75 Å². The van der Waals surface area contributed by atoms with Crippen molar-refractivity contribution in [1.82, 2.24) is 9.97 Å². The zero-order valence-corrected chi connectivity index (χ0v) is 9.33. The largest absolute Gasteiger partial charge is 0.325 e. The average molecular weight is 214 g/mol. The monoisotopic (exact) mass is 214 g/mol. The topological polar surface area (TPSA) is 65.7 Å². The molecule has 78 valence electrons. The number of aromatic nitrogens is 2. The van der Waals surface area contributed by atoms with Crippen LogP contribution in [-0.2, 0) is 0 Å². The van der Waals surface area contributed by atoms with E-state index in [2.05, 4.69) is 23.8 Å². The van der Waals surface area contributed by atoms with Gasteiger partial charge in [-0.1, -0.05) is 13.8 Å². The van der Waals surface area contributed by atoms with Crippen LogP contribution in [0.4, 0.5) is 0 Å². The van der Waals surface area contributed by atoms with Crippen molar-refractivity contribution in [3.8, 4) is 0 Å². The van der Waals surface area contributed by atoms with Gasteiger partial charge < -0.3 is 4.98 Å². The summed E-state index contributed by atoms with van der Waals surface area (Å²) >= 11 is 1.48. The molecule has 0 fully saturated rings. The van der Waals surface area contributed by atoms with Crippen molar-refractivity contribution in [3.63, 3.8) is 0 Å². The highest BCUT2D eigenvalue weighted by Crippen LogP contribution is 2.17. The molecule has 0 aromatic carbocycles. The molecular formula is C9H14N2O2S. The molecule has 0 saturated heterocycles. The Morgan fingerprint density at radius 1 is 1.29 bits per heavy atom. The van der Waals surface area contributed by atoms with E-state index in [-0.39, 0.29) is 5.56 Å². The van der Waals surface area contributed by atoms with E-state index in [9.17, 15) is 9.59 Å². The lowest BCUT2D eigenvalue weighted by Crippen LogP contribution is -2.25. The summed E-state index contributed by atoms with van der Waals surface area (Å²) in [6, 6.07) is 0. The normalized spacial score (nSPS) is 10.9. The molecule has 14 heavy (non-hydrogen) atoms. The fourth-order valence-electron chi connectivity index (χ4n) is 1.01. The van der Waals surface area contributed by atoms with Crippen molar-refractivity contribution in [2.24, 2.45) is 5.92 Å². The fraction of sp³-hybridized carbons (Fsp3) is 0.556. The van der Waals surface area contributed by atoms with Crippen molar-refractivity contribution < 1.29 is 0 Å². The van der Waals surface area contributed by atoms with Crippen LogP contribution < -0.4 is 11.2 Å². The number of aryl methyl sites for hydroxylation is 1. The smallest absolute Gasteiger partial charge is 0.310 e. The second-order valence-corrected chi connectivity index (χ2v) is 4.60. The Morgan fingerprint density at radius 2 is 1.93 bits per heavy atom. The van der Waals surface area contributed by atoms with Crippen LogP contribution in [0.1, 0.15) is 19.5 Å². The summed E-state index contributed by atoms with van der Waals surface area (Å²) in [6.07, 6.45) is 0. The molecule has 1 heterocycles. The Balaban J connectivity index is 2.98. The average Bonchev–Trinajstić information content (AvgIpc) is 2.01. The van der Waals surface area contributed by atoms with Crippen LogP contribution in [0.15, 0.2) is 14.5 Å². The van der Waals surface area contributed by atoms with Crippen molar-refractivity contribution in [3.05, 3.63) is 26.5 Å². The molecule has 1 aromatic heterocycles. The van der Waals surface area contributed by atoms with Gasteiger partial charge in [0, 0.05) is 11.4 Å². The molecule has 1 aromatic rings. The van der Waals surface area contributed by atoms with Crippen molar-refractivity contribution >= 4 is 11.8 Å². The van der Waals surface area contributed by atoms with E-state index in [0.29, 0.717) is 16.5 Å². The number of hydrogen-bond donors (Lipinski definition) is 2. The van der Waals surface area contributed by atoms with E-state index in [0.717, 1.165) is 5.75 Å². The summed E-state index contributed by atoms with van der Waals surface area (Å²) in [4.78, 5) is 27.7. The molecule has 2 N–H and O–H groups in total. The number of nitrogens with one attached hydrogen (secondary N) is 2. The zero-order valence-electron chi connectivity index (χ0n) is 8.51. The lowest BCUT2D eigenvalue weighted by Gasteiger charge is -2.05. The summed E-state index contributed by atoms with van der Waals surface area (Å²) in [7, 11) is 0. The Hall–Kier alpha value is -0.970. The summed E-state index contributed by atoms with van der Waals surface area (Å²) in [5.74, 6) is 1.39. The first kappa shape index (κ1) is 11.1. The second-order valence-electron chi connectivity index (χ2n) is 3.57. The van der Waals surface area contributed by atoms with Gasteiger partial charge in [-0.3, -0.25) is 9.78 Å². The van der Waals surface area contributed by atoms with Gasteiger partial charge in [-0.2, -0.15) is 0 Å². The molecule has 0 saturated carbocycles. The second kappa shape index (κ2) is 4.50. The number of hydrogen-bond acceptors (Lipinski definition) is 3. The van der Waals surface area contributed by atoms with Crippen LogP contribution in [0.3, 0.4) is 0 Å². The molecule has 1 rings (SSSR count). The fourth-order valence-corrected chi connectivity index (χ4v) is 1.96. The van der Waals surface area contributed by atoms with Gasteiger partial charge in [-0.25, -0.2) is 4.79 Å². The Bertz CT molecular complexity index is 420. The van der Waals surface area contributed by atoms with Gasteiger partial charge in [-0.15, -0.1) is 11.8 Å². The maximum absolute atomic E-state index is 11.4. The zero-order chi connectivity index (χ0) is 10.7. The molecule has 0 aliphatic rings. The summed E-state index contributed by atoms with van der Waals surface area (Å²) < 4.78 is 0. The van der Waals surface area contributed by atoms with Gasteiger partial charge in [0.25, 0.3) is 5.56 Å². The standard InChI is InChI=1S/C9H14N2O2S/c1-5(2)4-14-7-6(3)10-9(13)11-8(7)12/h5H,4H2,1-3H3,(H2,10,11,12,13). The van der Waals surface area contributed by atoms with Gasteiger partial charge in [0.15, 0.2) is 0 Å². The Morgan fingerprint density at radius 3 is 2.43 bits per heavy atom. The van der Waals surface area contributed by atoms with Crippen LogP contribution in [-0.4, -0.2) is 15.7 Å². The molecule has 0 spiro atoms. The van der Waals surface area contributed by atoms with Crippen molar-refractivity contribution in [1.29, 1.82) is 0 Å². The third-order valence-electron chi connectivity index (χ3n) is 1.64. The van der Waals surface area contributed by atoms with Crippen LogP contribution in [0, 0.1) is 12.8 Å². The molecule has 4 nitrogen and oxygen atoms in total. The third kappa shape index (κ3) is 2.77. The SMILES string of the molecule is Cc1[nH]c(=O)[nH]c(=O)c1SCC(C)C. The molecule has 0 radical (unpaired) electrons. The lowest BCUT2D eigenvalue weighted by atomic mass is 10.3. The minimum Gasteiger partial charge on any atom is -0.310 e. The first-order valence-electron chi connectivity index (χ1n) is 4.46. The summed E-state index contributed by atoms with van der Waals surface area (Å²) in [5, 5.41) is 0. The highest BCUT2D eigenvalue weighted by atomic mass is 32.2. The van der Waals surface area contributed by atoms with E-state index in [4.69, 9.17) is 0 Å². The predicted octanol–water partition coefficient (Wildman–Crippen LogP) is 1.12. The molecule has 0 bridgehead atoms. The Labute approximate surface area is 86.1 Å². The number of H-pyrrole nitrogens is 2. The highest BCUT2D eigenvalue weighted by Gasteiger charge is 2.06. The first-order chi connectivity index (χ1) is 6.50. The minimum absolute atomic E-state index is 0.295. The van der Waals surface area contributed by atoms with E-state index >= 15 is 0 Å². The molecule has 0 amide bonds. The van der Waals surface area contributed by atoms with Crippen LogP contribution >= 0.6 is 11.8 Å². The molecule has 0 aliphatic carbocycles. The maximum Gasteiger partial charge on any atom is 0.325 e. The quantitative estimate of drug-likeness (QED) is 0.741. The van der Waals surface area contributed by atoms with Crippen LogP contribution in [0.5, 0.6) is 0 Å². The molecule has 0 unspecified atom stereocenters. The summed E-state index contributed by atoms with van der Waals surface area (Å²) in [6.45, 7) is 5.91. The predicted molar refractivity (Wildman–Crippen MR) is 58.0 cm³/mol. The van der Waals surface area contributed by atoms with Gasteiger partial charge in [-0.05, 0) is 12.8 Å². The molecule has 0 aliphatic heterocycles.